The van der Waals surface area contributed by atoms with E-state index in [9.17, 15) is 8.42 Å². The van der Waals surface area contributed by atoms with Crippen LogP contribution in [0.1, 0.15) is 11.1 Å². The standard InChI is InChI=1S/C12H14NO2S/c1-2-9-16(14,15)13-8-7-11-5-3-4-6-12(11)10-13/h2-6,8H,1,7,9-10H2. The van der Waals surface area contributed by atoms with Gasteiger partial charge in [-0.3, -0.25) is 0 Å². The first-order chi connectivity index (χ1) is 7.63. The number of fused-ring (bicyclic) bond motifs is 1. The molecule has 0 saturated carbocycles. The summed E-state index contributed by atoms with van der Waals surface area (Å²) in [6.45, 7) is 5.64. The van der Waals surface area contributed by atoms with Gasteiger partial charge in [0.25, 0.3) is 0 Å². The van der Waals surface area contributed by atoms with Crippen LogP contribution in [0, 0.1) is 6.54 Å². The summed E-state index contributed by atoms with van der Waals surface area (Å²) >= 11 is 0. The first-order valence-electron chi connectivity index (χ1n) is 5.14. The van der Waals surface area contributed by atoms with Gasteiger partial charge in [0.05, 0.1) is 5.75 Å². The summed E-state index contributed by atoms with van der Waals surface area (Å²) in [5, 5.41) is 0. The van der Waals surface area contributed by atoms with Crippen molar-refractivity contribution in [3.05, 3.63) is 54.6 Å². The van der Waals surface area contributed by atoms with Gasteiger partial charge in [-0.2, -0.15) is 4.31 Å². The molecule has 4 heteroatoms. The molecule has 0 saturated heterocycles. The number of rotatable bonds is 3. The third kappa shape index (κ3) is 2.18. The first-order valence-corrected chi connectivity index (χ1v) is 6.75. The van der Waals surface area contributed by atoms with Crippen LogP contribution in [-0.2, 0) is 23.0 Å². The fourth-order valence-corrected chi connectivity index (χ4v) is 2.93. The lowest BCUT2D eigenvalue weighted by Gasteiger charge is -2.27. The summed E-state index contributed by atoms with van der Waals surface area (Å²) in [6, 6.07) is 7.91. The Balaban J connectivity index is 2.23. The van der Waals surface area contributed by atoms with E-state index >= 15 is 0 Å². The lowest BCUT2D eigenvalue weighted by atomic mass is 10.0. The van der Waals surface area contributed by atoms with Crippen molar-refractivity contribution in [1.29, 1.82) is 0 Å². The molecule has 16 heavy (non-hydrogen) atoms. The highest BCUT2D eigenvalue weighted by molar-refractivity contribution is 7.89. The average Bonchev–Trinajstić information content (AvgIpc) is 2.28. The Hall–Kier alpha value is -1.13. The molecule has 1 aromatic carbocycles. The number of nitrogens with zero attached hydrogens (tertiary/aromatic N) is 1. The Labute approximate surface area is 96.4 Å². The van der Waals surface area contributed by atoms with Crippen LogP contribution in [0.4, 0.5) is 0 Å². The van der Waals surface area contributed by atoms with Gasteiger partial charge in [0.2, 0.25) is 10.0 Å². The van der Waals surface area contributed by atoms with Crippen molar-refractivity contribution in [1.82, 2.24) is 4.31 Å². The van der Waals surface area contributed by atoms with Crippen LogP contribution in [0.15, 0.2) is 36.9 Å². The average molecular weight is 236 g/mol. The van der Waals surface area contributed by atoms with Crippen molar-refractivity contribution in [2.45, 2.75) is 13.0 Å². The van der Waals surface area contributed by atoms with Gasteiger partial charge >= 0.3 is 0 Å². The third-order valence-corrected chi connectivity index (χ3v) is 4.29. The van der Waals surface area contributed by atoms with E-state index in [-0.39, 0.29) is 5.75 Å². The minimum atomic E-state index is -3.22. The Morgan fingerprint density at radius 1 is 1.31 bits per heavy atom. The molecule has 0 N–H and O–H groups in total. The fourth-order valence-electron chi connectivity index (χ4n) is 1.80. The topological polar surface area (TPSA) is 37.4 Å². The molecule has 1 aromatic rings. The number of hydrogen-bond donors (Lipinski definition) is 0. The van der Waals surface area contributed by atoms with Crippen molar-refractivity contribution < 1.29 is 8.42 Å². The quantitative estimate of drug-likeness (QED) is 0.749. The molecule has 85 valence electrons. The summed E-state index contributed by atoms with van der Waals surface area (Å²) < 4.78 is 25.1. The Morgan fingerprint density at radius 3 is 2.69 bits per heavy atom. The molecule has 2 rings (SSSR count). The highest BCUT2D eigenvalue weighted by Crippen LogP contribution is 2.23. The molecule has 0 atom stereocenters. The molecule has 0 amide bonds. The van der Waals surface area contributed by atoms with Gasteiger partial charge in [0.15, 0.2) is 0 Å². The van der Waals surface area contributed by atoms with Gasteiger partial charge in [0.1, 0.15) is 0 Å². The van der Waals surface area contributed by atoms with Gasteiger partial charge in [-0.15, -0.1) is 6.58 Å². The Morgan fingerprint density at radius 2 is 2.00 bits per heavy atom. The maximum atomic E-state index is 11.8. The molecular formula is C12H14NO2S. The minimum absolute atomic E-state index is 0.00827. The zero-order valence-electron chi connectivity index (χ0n) is 8.96. The van der Waals surface area contributed by atoms with Crippen molar-refractivity contribution in [2.24, 2.45) is 0 Å². The van der Waals surface area contributed by atoms with Gasteiger partial charge in [0, 0.05) is 13.1 Å². The molecule has 1 heterocycles. The first kappa shape index (κ1) is 11.4. The lowest BCUT2D eigenvalue weighted by Crippen LogP contribution is -2.33. The van der Waals surface area contributed by atoms with Crippen molar-refractivity contribution in [3.63, 3.8) is 0 Å². The monoisotopic (exact) mass is 236 g/mol. The highest BCUT2D eigenvalue weighted by Gasteiger charge is 2.25. The van der Waals surface area contributed by atoms with E-state index in [1.807, 2.05) is 24.3 Å². The van der Waals surface area contributed by atoms with E-state index in [0.717, 1.165) is 5.56 Å². The van der Waals surface area contributed by atoms with Crippen LogP contribution in [0.3, 0.4) is 0 Å². The van der Waals surface area contributed by atoms with Crippen LogP contribution in [-0.4, -0.2) is 18.5 Å². The van der Waals surface area contributed by atoms with Crippen LogP contribution in [0.2, 0.25) is 0 Å². The molecule has 0 spiro atoms. The van der Waals surface area contributed by atoms with Crippen molar-refractivity contribution in [2.75, 3.05) is 5.75 Å². The summed E-state index contributed by atoms with van der Waals surface area (Å²) in [4.78, 5) is 0. The Bertz CT molecular complexity index is 493. The van der Waals surface area contributed by atoms with E-state index in [1.165, 1.54) is 15.9 Å². The summed E-state index contributed by atoms with van der Waals surface area (Å²) in [5.41, 5.74) is 2.28. The minimum Gasteiger partial charge on any atom is -0.212 e. The molecule has 0 aromatic heterocycles. The predicted molar refractivity (Wildman–Crippen MR) is 64.0 cm³/mol. The zero-order chi connectivity index (χ0) is 11.6. The maximum absolute atomic E-state index is 11.8. The van der Waals surface area contributed by atoms with Gasteiger partial charge in [-0.05, 0) is 17.5 Å². The van der Waals surface area contributed by atoms with E-state index < -0.39 is 10.0 Å². The van der Waals surface area contributed by atoms with E-state index in [1.54, 1.807) is 6.54 Å². The van der Waals surface area contributed by atoms with Crippen LogP contribution < -0.4 is 0 Å². The molecule has 3 nitrogen and oxygen atoms in total. The molecule has 1 aliphatic heterocycles. The molecule has 1 aliphatic rings. The molecule has 0 bridgehead atoms. The second-order valence-electron chi connectivity index (χ2n) is 3.77. The van der Waals surface area contributed by atoms with Gasteiger partial charge in [-0.1, -0.05) is 30.3 Å². The Kier molecular flexibility index (Phi) is 3.12. The van der Waals surface area contributed by atoms with E-state index in [4.69, 9.17) is 0 Å². The molecule has 0 unspecified atom stereocenters. The van der Waals surface area contributed by atoms with Crippen LogP contribution in [0.25, 0.3) is 0 Å². The summed E-state index contributed by atoms with van der Waals surface area (Å²) in [7, 11) is -3.22. The number of benzene rings is 1. The third-order valence-electron chi connectivity index (χ3n) is 2.65. The maximum Gasteiger partial charge on any atom is 0.218 e. The smallest absolute Gasteiger partial charge is 0.212 e. The van der Waals surface area contributed by atoms with Crippen LogP contribution >= 0.6 is 0 Å². The van der Waals surface area contributed by atoms with Crippen molar-refractivity contribution in [3.8, 4) is 0 Å². The summed E-state index contributed by atoms with van der Waals surface area (Å²) in [6.07, 6.45) is 2.09. The second-order valence-corrected chi connectivity index (χ2v) is 5.73. The largest absolute Gasteiger partial charge is 0.218 e. The highest BCUT2D eigenvalue weighted by atomic mass is 32.2. The predicted octanol–water partition coefficient (Wildman–Crippen LogP) is 1.72. The fraction of sp³-hybridized carbons (Fsp3) is 0.250. The zero-order valence-corrected chi connectivity index (χ0v) is 9.78. The summed E-state index contributed by atoms with van der Waals surface area (Å²) in [5.74, 6) is -0.00827. The van der Waals surface area contributed by atoms with Crippen LogP contribution in [0.5, 0.6) is 0 Å². The normalized spacial score (nSPS) is 16.8. The lowest BCUT2D eigenvalue weighted by molar-refractivity contribution is 0.445. The van der Waals surface area contributed by atoms with Gasteiger partial charge < -0.3 is 0 Å². The van der Waals surface area contributed by atoms with Crippen molar-refractivity contribution >= 4 is 10.0 Å². The SMILES string of the molecule is C=CCS(=O)(=O)N1[CH]Cc2ccccc2C1. The molecule has 1 radical (unpaired) electrons. The number of hydrogen-bond acceptors (Lipinski definition) is 2. The molecule has 0 aliphatic carbocycles. The van der Waals surface area contributed by atoms with Gasteiger partial charge in [-0.25, -0.2) is 8.42 Å². The molecular weight excluding hydrogens is 222 g/mol. The van der Waals surface area contributed by atoms with E-state index in [2.05, 4.69) is 6.58 Å². The van der Waals surface area contributed by atoms with E-state index in [0.29, 0.717) is 13.0 Å². The molecule has 0 fully saturated rings. The second kappa shape index (κ2) is 4.39. The number of sulfonamides is 1.